The van der Waals surface area contributed by atoms with Gasteiger partial charge in [0.25, 0.3) is 0 Å². The van der Waals surface area contributed by atoms with Gasteiger partial charge in [-0.3, -0.25) is 14.6 Å². The van der Waals surface area contributed by atoms with E-state index in [1.54, 1.807) is 11.3 Å². The van der Waals surface area contributed by atoms with E-state index in [-0.39, 0.29) is 25.1 Å². The summed E-state index contributed by atoms with van der Waals surface area (Å²) >= 11 is 1.65. The van der Waals surface area contributed by atoms with Crippen LogP contribution in [0.2, 0.25) is 0 Å². The molecule has 1 saturated heterocycles. The molecule has 1 amide bonds. The van der Waals surface area contributed by atoms with Crippen molar-refractivity contribution in [3.05, 3.63) is 81.4 Å². The maximum atomic E-state index is 12.9. The number of likely N-dealkylation sites (N-methyl/N-ethyl adjacent to an activating group) is 1. The van der Waals surface area contributed by atoms with Crippen molar-refractivity contribution in [2.45, 2.75) is 59.8 Å². The fourth-order valence-electron chi connectivity index (χ4n) is 7.07. The van der Waals surface area contributed by atoms with Gasteiger partial charge in [-0.05, 0) is 92.7 Å². The normalized spacial score (nSPS) is 16.9. The van der Waals surface area contributed by atoms with Crippen LogP contribution in [-0.2, 0) is 24.4 Å². The summed E-state index contributed by atoms with van der Waals surface area (Å²) in [5.74, 6) is 1.25. The van der Waals surface area contributed by atoms with Crippen LogP contribution >= 0.6 is 11.3 Å². The minimum Gasteiger partial charge on any atom is -0.435 e. The lowest BCUT2D eigenvalue weighted by Gasteiger charge is -2.25. The van der Waals surface area contributed by atoms with E-state index in [4.69, 9.17) is 14.4 Å². The van der Waals surface area contributed by atoms with Gasteiger partial charge in [0.2, 0.25) is 11.8 Å². The number of carbonyl (C=O) groups excluding carboxylic acids is 1. The fourth-order valence-corrected chi connectivity index (χ4v) is 8.24. The van der Waals surface area contributed by atoms with Crippen molar-refractivity contribution in [2.75, 3.05) is 33.3 Å². The molecule has 5 aromatic rings. The number of rotatable bonds is 9. The Morgan fingerprint density at radius 3 is 2.49 bits per heavy atom. The number of aliphatic hydroxyl groups is 1. The van der Waals surface area contributed by atoms with Gasteiger partial charge in [0.15, 0.2) is 5.58 Å². The van der Waals surface area contributed by atoms with Gasteiger partial charge in [0, 0.05) is 35.1 Å². The molecule has 2 aliphatic rings. The van der Waals surface area contributed by atoms with Gasteiger partial charge in [0.1, 0.15) is 16.6 Å². The second-order valence-electron chi connectivity index (χ2n) is 13.8. The van der Waals surface area contributed by atoms with Crippen molar-refractivity contribution >= 4 is 28.3 Å². The number of nitriles is 1. The van der Waals surface area contributed by atoms with E-state index in [1.807, 2.05) is 42.0 Å². The number of likely N-dealkylation sites (tertiary alicyclic amines) is 1. The van der Waals surface area contributed by atoms with Crippen molar-refractivity contribution in [1.29, 1.82) is 5.26 Å². The van der Waals surface area contributed by atoms with Gasteiger partial charge in [-0.1, -0.05) is 37.3 Å². The number of hydrogen-bond donors (Lipinski definition) is 1. The fraction of sp³-hybridized carbons (Fsp3) is 0.385. The second-order valence-corrected chi connectivity index (χ2v) is 14.9. The van der Waals surface area contributed by atoms with Crippen LogP contribution in [0.5, 0.6) is 0 Å². The number of aliphatic hydroxyl groups excluding tert-OH is 1. The number of aromatic nitrogens is 2. The summed E-state index contributed by atoms with van der Waals surface area (Å²) in [7, 11) is 1.86. The number of amides is 1. The summed E-state index contributed by atoms with van der Waals surface area (Å²) < 4.78 is 6.31. The Labute approximate surface area is 291 Å². The Kier molecular flexibility index (Phi) is 9.11. The lowest BCUT2D eigenvalue weighted by Crippen LogP contribution is -2.41. The van der Waals surface area contributed by atoms with E-state index in [9.17, 15) is 15.2 Å². The lowest BCUT2D eigenvalue weighted by molar-refractivity contribution is -0.133. The minimum atomic E-state index is -0.0711. The first-order valence-electron chi connectivity index (χ1n) is 17.0. The zero-order valence-electron chi connectivity index (χ0n) is 28.8. The summed E-state index contributed by atoms with van der Waals surface area (Å²) in [4.78, 5) is 30.1. The van der Waals surface area contributed by atoms with Crippen molar-refractivity contribution < 1.29 is 14.3 Å². The van der Waals surface area contributed by atoms with Crippen LogP contribution in [0.1, 0.15) is 53.1 Å². The Balaban J connectivity index is 1.15. The Morgan fingerprint density at radius 1 is 1.10 bits per heavy atom. The molecular formula is C39H42N6O3S. The third-order valence-corrected chi connectivity index (χ3v) is 11.3. The molecule has 3 aromatic carbocycles. The maximum absolute atomic E-state index is 12.9. The van der Waals surface area contributed by atoms with Crippen LogP contribution in [0.3, 0.4) is 0 Å². The van der Waals surface area contributed by atoms with Crippen molar-refractivity contribution in [2.24, 2.45) is 5.92 Å². The Morgan fingerprint density at radius 2 is 1.82 bits per heavy atom. The lowest BCUT2D eigenvalue weighted by atomic mass is 9.91. The molecule has 9 nitrogen and oxygen atoms in total. The monoisotopic (exact) mass is 674 g/mol. The number of benzene rings is 3. The van der Waals surface area contributed by atoms with Gasteiger partial charge in [-0.2, -0.15) is 5.26 Å². The molecule has 252 valence electrons. The number of hydrogen-bond acceptors (Lipinski definition) is 9. The summed E-state index contributed by atoms with van der Waals surface area (Å²) in [6.07, 6.45) is 1.21. The third-order valence-electron chi connectivity index (χ3n) is 10.2. The molecule has 7 rings (SSSR count). The molecule has 1 fully saturated rings. The highest BCUT2D eigenvalue weighted by Gasteiger charge is 2.29. The highest BCUT2D eigenvalue weighted by molar-refractivity contribution is 7.15. The molecule has 0 saturated carbocycles. The summed E-state index contributed by atoms with van der Waals surface area (Å²) in [5, 5.41) is 20.4. The first-order chi connectivity index (χ1) is 23.6. The summed E-state index contributed by atoms with van der Waals surface area (Å²) in [6.45, 7) is 12.7. The molecule has 2 aromatic heterocycles. The minimum absolute atomic E-state index is 0.0174. The number of oxazole rings is 1. The van der Waals surface area contributed by atoms with E-state index < -0.39 is 0 Å². The van der Waals surface area contributed by atoms with Crippen LogP contribution < -0.4 is 0 Å². The van der Waals surface area contributed by atoms with Crippen molar-refractivity contribution in [3.8, 4) is 39.2 Å². The number of nitrogens with zero attached hydrogens (tertiary/aromatic N) is 6. The molecule has 2 aliphatic heterocycles. The predicted octanol–water partition coefficient (Wildman–Crippen LogP) is 6.77. The smallest absolute Gasteiger partial charge is 0.237 e. The average Bonchev–Trinajstić information content (AvgIpc) is 3.88. The molecule has 49 heavy (non-hydrogen) atoms. The summed E-state index contributed by atoms with van der Waals surface area (Å²) in [6, 6.07) is 18.8. The van der Waals surface area contributed by atoms with Crippen LogP contribution in [0.15, 0.2) is 52.9 Å². The van der Waals surface area contributed by atoms with Crippen molar-refractivity contribution in [3.63, 3.8) is 0 Å². The maximum Gasteiger partial charge on any atom is 0.237 e. The van der Waals surface area contributed by atoms with E-state index in [0.717, 1.165) is 74.2 Å². The number of thiazole rings is 1. The molecule has 10 heteroatoms. The van der Waals surface area contributed by atoms with Gasteiger partial charge in [0.05, 0.1) is 37.5 Å². The topological polar surface area (TPSA) is 110 Å². The second kappa shape index (κ2) is 13.5. The van der Waals surface area contributed by atoms with Crippen LogP contribution in [0.4, 0.5) is 0 Å². The SMILES string of the molecule is Cc1c(-c2nc3cc(CN4CC[C@@H](C)C4)cc(C#N)c3o2)cccc1-c1cccc(-c2nc3c(s2)CN(C(=O)CN(C)C(C)CO)C3)c1C. The predicted molar refractivity (Wildman–Crippen MR) is 193 cm³/mol. The molecular weight excluding hydrogens is 633 g/mol. The van der Waals surface area contributed by atoms with E-state index in [0.29, 0.717) is 41.6 Å². The molecule has 1 unspecified atom stereocenters. The molecule has 0 aliphatic carbocycles. The highest BCUT2D eigenvalue weighted by atomic mass is 32.1. The van der Waals surface area contributed by atoms with Crippen LogP contribution in [0.25, 0.3) is 44.3 Å². The van der Waals surface area contributed by atoms with Gasteiger partial charge in [-0.25, -0.2) is 9.97 Å². The first kappa shape index (κ1) is 33.1. The van der Waals surface area contributed by atoms with Crippen LogP contribution in [-0.4, -0.2) is 75.0 Å². The Bertz CT molecular complexity index is 2070. The first-order valence-corrected chi connectivity index (χ1v) is 17.8. The highest BCUT2D eigenvalue weighted by Crippen LogP contribution is 2.40. The molecule has 0 radical (unpaired) electrons. The third kappa shape index (κ3) is 6.40. The molecule has 1 N–H and O–H groups in total. The van der Waals surface area contributed by atoms with E-state index in [1.165, 1.54) is 6.42 Å². The zero-order valence-corrected chi connectivity index (χ0v) is 29.6. The zero-order chi connectivity index (χ0) is 34.4. The molecule has 0 bridgehead atoms. The Hall–Kier alpha value is -4.40. The summed E-state index contributed by atoms with van der Waals surface area (Å²) in [5.41, 5.74) is 10.2. The molecule has 4 heterocycles. The van der Waals surface area contributed by atoms with Gasteiger partial charge >= 0.3 is 0 Å². The number of carbonyl (C=O) groups is 1. The standard InChI is InChI=1S/C39H42N6O3S/c1-23-12-13-44(17-23)18-27-14-28(16-40)37-33(15-27)41-38(48-37)31-10-6-8-29(25(31)3)30-9-7-11-32(26(30)4)39-42-34-19-45(20-35(34)49-39)36(47)21-43(5)24(2)22-46/h6-11,14-15,23-24,46H,12-13,17-22H2,1-5H3/t23-,24?/m1/s1. The average molecular weight is 675 g/mol. The van der Waals surface area contributed by atoms with Gasteiger partial charge < -0.3 is 14.4 Å². The van der Waals surface area contributed by atoms with E-state index in [2.05, 4.69) is 62.1 Å². The largest absolute Gasteiger partial charge is 0.435 e. The quantitative estimate of drug-likeness (QED) is 0.183. The van der Waals surface area contributed by atoms with Crippen molar-refractivity contribution in [1.82, 2.24) is 24.7 Å². The van der Waals surface area contributed by atoms with E-state index >= 15 is 0 Å². The number of fused-ring (bicyclic) bond motifs is 2. The van der Waals surface area contributed by atoms with Gasteiger partial charge in [-0.15, -0.1) is 11.3 Å². The molecule has 2 atom stereocenters. The molecule has 0 spiro atoms. The van der Waals surface area contributed by atoms with Crippen LogP contribution in [0, 0.1) is 31.1 Å².